The van der Waals surface area contributed by atoms with E-state index in [-0.39, 0.29) is 5.56 Å². The first-order chi connectivity index (χ1) is 11.2. The van der Waals surface area contributed by atoms with E-state index in [2.05, 4.69) is 17.9 Å². The first kappa shape index (κ1) is 16.7. The average Bonchev–Trinajstić information content (AvgIpc) is 2.53. The van der Waals surface area contributed by atoms with E-state index >= 15 is 0 Å². The summed E-state index contributed by atoms with van der Waals surface area (Å²) in [6.45, 7) is 6.64. The van der Waals surface area contributed by atoms with Crippen LogP contribution in [0.25, 0.3) is 0 Å². The number of nitrogens with zero attached hydrogens (tertiary/aromatic N) is 2. The van der Waals surface area contributed by atoms with Crippen molar-refractivity contribution in [2.24, 2.45) is 5.92 Å². The number of rotatable bonds is 7. The number of aliphatic hydroxyl groups is 1. The van der Waals surface area contributed by atoms with E-state index in [0.29, 0.717) is 25.0 Å². The number of fused-ring (bicyclic) bond motifs is 4. The van der Waals surface area contributed by atoms with Crippen molar-refractivity contribution in [2.75, 3.05) is 32.8 Å². The Hall–Kier alpha value is -1.17. The maximum absolute atomic E-state index is 12.0. The summed E-state index contributed by atoms with van der Waals surface area (Å²) in [5.41, 5.74) is 1.28. The fourth-order valence-electron chi connectivity index (χ4n) is 3.96. The standard InChI is InChI=1S/C18H28N2O3/c1-2-3-7-23-13-16(21)12-19-9-14-8-15(11-19)17-5-4-6-18(22)20(17)10-14/h4-6,14-16,21H,2-3,7-13H2,1H3/t14-,15+,16?/m0/s1. The monoisotopic (exact) mass is 320 g/mol. The zero-order valence-corrected chi connectivity index (χ0v) is 14.0. The summed E-state index contributed by atoms with van der Waals surface area (Å²) in [4.78, 5) is 14.4. The Morgan fingerprint density at radius 2 is 2.22 bits per heavy atom. The van der Waals surface area contributed by atoms with Crippen molar-refractivity contribution in [3.8, 4) is 0 Å². The Balaban J connectivity index is 1.56. The number of aliphatic hydroxyl groups excluding tert-OH is 1. The molecule has 1 saturated heterocycles. The maximum Gasteiger partial charge on any atom is 0.250 e. The van der Waals surface area contributed by atoms with Crippen LogP contribution in [0, 0.1) is 5.92 Å². The zero-order valence-electron chi connectivity index (χ0n) is 14.0. The van der Waals surface area contributed by atoms with Crippen molar-refractivity contribution in [3.63, 3.8) is 0 Å². The number of ether oxygens (including phenoxy) is 1. The molecule has 2 aliphatic rings. The predicted molar refractivity (Wildman–Crippen MR) is 89.7 cm³/mol. The van der Waals surface area contributed by atoms with Gasteiger partial charge in [-0.25, -0.2) is 0 Å². The number of hydrogen-bond donors (Lipinski definition) is 1. The summed E-state index contributed by atoms with van der Waals surface area (Å²) in [5, 5.41) is 10.2. The van der Waals surface area contributed by atoms with Gasteiger partial charge in [0, 0.05) is 50.5 Å². The topological polar surface area (TPSA) is 54.7 Å². The smallest absolute Gasteiger partial charge is 0.250 e. The molecule has 23 heavy (non-hydrogen) atoms. The van der Waals surface area contributed by atoms with Crippen molar-refractivity contribution in [2.45, 2.75) is 44.8 Å². The van der Waals surface area contributed by atoms with Gasteiger partial charge >= 0.3 is 0 Å². The van der Waals surface area contributed by atoms with Gasteiger partial charge in [0.15, 0.2) is 0 Å². The van der Waals surface area contributed by atoms with Gasteiger partial charge in [-0.15, -0.1) is 0 Å². The summed E-state index contributed by atoms with van der Waals surface area (Å²) in [7, 11) is 0. The third kappa shape index (κ3) is 4.03. The molecular weight excluding hydrogens is 292 g/mol. The number of β-amino-alcohol motifs (C(OH)–C–C–N with tert-alkyl or cyclic N) is 1. The molecule has 3 rings (SSSR count). The molecular formula is C18H28N2O3. The molecule has 3 heterocycles. The molecule has 1 aromatic heterocycles. The van der Waals surface area contributed by atoms with Gasteiger partial charge < -0.3 is 14.4 Å². The maximum atomic E-state index is 12.0. The predicted octanol–water partition coefficient (Wildman–Crippen LogP) is 1.44. The van der Waals surface area contributed by atoms with Crippen molar-refractivity contribution in [1.29, 1.82) is 0 Å². The lowest BCUT2D eigenvalue weighted by Gasteiger charge is -2.43. The average molecular weight is 320 g/mol. The van der Waals surface area contributed by atoms with Crippen LogP contribution >= 0.6 is 0 Å². The highest BCUT2D eigenvalue weighted by molar-refractivity contribution is 5.16. The van der Waals surface area contributed by atoms with Gasteiger partial charge in [0.2, 0.25) is 0 Å². The molecule has 1 fully saturated rings. The number of pyridine rings is 1. The Kier molecular flexibility index (Phi) is 5.51. The quantitative estimate of drug-likeness (QED) is 0.773. The Labute approximate surface area is 137 Å². The van der Waals surface area contributed by atoms with Crippen LogP contribution in [-0.2, 0) is 11.3 Å². The number of piperidine rings is 1. The number of unbranched alkanes of at least 4 members (excludes halogenated alkanes) is 1. The van der Waals surface area contributed by atoms with Gasteiger partial charge in [-0.3, -0.25) is 9.69 Å². The van der Waals surface area contributed by atoms with E-state index in [1.54, 1.807) is 6.07 Å². The number of hydrogen-bond acceptors (Lipinski definition) is 4. The van der Waals surface area contributed by atoms with E-state index in [1.165, 1.54) is 0 Å². The van der Waals surface area contributed by atoms with Crippen LogP contribution in [0.5, 0.6) is 0 Å². The van der Waals surface area contributed by atoms with Crippen LogP contribution in [0.3, 0.4) is 0 Å². The normalized spacial score (nSPS) is 25.1. The first-order valence-electron chi connectivity index (χ1n) is 8.85. The lowest BCUT2D eigenvalue weighted by molar-refractivity contribution is 0.00227. The molecule has 0 spiro atoms. The van der Waals surface area contributed by atoms with Gasteiger partial charge in [0.05, 0.1) is 12.7 Å². The lowest BCUT2D eigenvalue weighted by Crippen LogP contribution is -2.49. The van der Waals surface area contributed by atoms with Crippen LogP contribution in [0.2, 0.25) is 0 Å². The molecule has 5 nitrogen and oxygen atoms in total. The molecule has 0 saturated carbocycles. The van der Waals surface area contributed by atoms with E-state index in [4.69, 9.17) is 4.74 Å². The van der Waals surface area contributed by atoms with Crippen LogP contribution in [0.1, 0.15) is 37.8 Å². The van der Waals surface area contributed by atoms with E-state index in [1.807, 2.05) is 10.6 Å². The number of likely N-dealkylation sites (tertiary alicyclic amines) is 1. The van der Waals surface area contributed by atoms with Crippen molar-refractivity contribution < 1.29 is 9.84 Å². The molecule has 1 aromatic rings. The summed E-state index contributed by atoms with van der Waals surface area (Å²) in [6, 6.07) is 5.60. The van der Waals surface area contributed by atoms with E-state index in [0.717, 1.165) is 51.2 Å². The molecule has 128 valence electrons. The van der Waals surface area contributed by atoms with E-state index in [9.17, 15) is 9.90 Å². The third-order valence-electron chi connectivity index (χ3n) is 4.98. The van der Waals surface area contributed by atoms with Crippen molar-refractivity contribution in [3.05, 3.63) is 34.2 Å². The second-order valence-electron chi connectivity index (χ2n) is 7.00. The molecule has 2 bridgehead atoms. The van der Waals surface area contributed by atoms with Crippen molar-refractivity contribution >= 4 is 0 Å². The number of aromatic nitrogens is 1. The molecule has 1 unspecified atom stereocenters. The van der Waals surface area contributed by atoms with Gasteiger partial charge in [-0.1, -0.05) is 19.4 Å². The highest BCUT2D eigenvalue weighted by Crippen LogP contribution is 2.34. The third-order valence-corrected chi connectivity index (χ3v) is 4.98. The fourth-order valence-corrected chi connectivity index (χ4v) is 3.96. The molecule has 1 N–H and O–H groups in total. The van der Waals surface area contributed by atoms with Crippen LogP contribution in [0.4, 0.5) is 0 Å². The summed E-state index contributed by atoms with van der Waals surface area (Å²) >= 11 is 0. The highest BCUT2D eigenvalue weighted by atomic mass is 16.5. The van der Waals surface area contributed by atoms with E-state index < -0.39 is 6.10 Å². The molecule has 0 aromatic carbocycles. The second-order valence-corrected chi connectivity index (χ2v) is 7.00. The minimum absolute atomic E-state index is 0.120. The largest absolute Gasteiger partial charge is 0.389 e. The van der Waals surface area contributed by atoms with Gasteiger partial charge in [0.1, 0.15) is 0 Å². The molecule has 0 aliphatic carbocycles. The minimum Gasteiger partial charge on any atom is -0.389 e. The minimum atomic E-state index is -0.427. The molecule has 3 atom stereocenters. The first-order valence-corrected chi connectivity index (χ1v) is 8.85. The van der Waals surface area contributed by atoms with Gasteiger partial charge in [-0.05, 0) is 24.8 Å². The molecule has 0 amide bonds. The second kappa shape index (κ2) is 7.60. The van der Waals surface area contributed by atoms with Gasteiger partial charge in [-0.2, -0.15) is 0 Å². The molecule has 0 radical (unpaired) electrons. The summed E-state index contributed by atoms with van der Waals surface area (Å²) in [6.07, 6.45) is 2.89. The molecule has 5 heteroatoms. The van der Waals surface area contributed by atoms with Crippen molar-refractivity contribution in [1.82, 2.24) is 9.47 Å². The fraction of sp³-hybridized carbons (Fsp3) is 0.722. The van der Waals surface area contributed by atoms with Crippen LogP contribution < -0.4 is 5.56 Å². The van der Waals surface area contributed by atoms with Crippen LogP contribution in [-0.4, -0.2) is 53.5 Å². The van der Waals surface area contributed by atoms with Crippen LogP contribution in [0.15, 0.2) is 23.0 Å². The highest BCUT2D eigenvalue weighted by Gasteiger charge is 2.34. The lowest BCUT2D eigenvalue weighted by atomic mass is 9.83. The summed E-state index contributed by atoms with van der Waals surface area (Å²) in [5.74, 6) is 0.916. The van der Waals surface area contributed by atoms with Gasteiger partial charge in [0.25, 0.3) is 5.56 Å². The SMILES string of the molecule is CCCCOCC(O)CN1C[C@@H]2C[C@H](C1)c1cccc(=O)n1C2. The summed E-state index contributed by atoms with van der Waals surface area (Å²) < 4.78 is 7.47. The zero-order chi connectivity index (χ0) is 16.2. The Bertz CT molecular complexity index is 572. The molecule has 2 aliphatic heterocycles. The Morgan fingerprint density at radius 3 is 3.04 bits per heavy atom. The Morgan fingerprint density at radius 1 is 1.35 bits per heavy atom.